The molecule has 27 heavy (non-hydrogen) atoms. The number of fused-ring (bicyclic) bond motifs is 1. The number of hydrogen-bond acceptors (Lipinski definition) is 2. The second-order valence-electron chi connectivity index (χ2n) is 10.5. The molecule has 0 aliphatic carbocycles. The van der Waals surface area contributed by atoms with Crippen LogP contribution in [0.4, 0.5) is 0 Å². The van der Waals surface area contributed by atoms with Gasteiger partial charge in [0.15, 0.2) is 5.75 Å². The molecular formula is C22H35BrO2Si2. The van der Waals surface area contributed by atoms with Gasteiger partial charge in [0.05, 0.1) is 0 Å². The summed E-state index contributed by atoms with van der Waals surface area (Å²) < 4.78 is 14.6. The van der Waals surface area contributed by atoms with Crippen LogP contribution in [-0.4, -0.2) is 16.6 Å². The lowest BCUT2D eigenvalue weighted by Crippen LogP contribution is -2.45. The van der Waals surface area contributed by atoms with Crippen LogP contribution < -0.4 is 8.85 Å². The van der Waals surface area contributed by atoms with Gasteiger partial charge in [0, 0.05) is 9.86 Å². The second-order valence-corrected chi connectivity index (χ2v) is 20.8. The maximum atomic E-state index is 6.84. The van der Waals surface area contributed by atoms with Crippen molar-refractivity contribution >= 4 is 43.3 Å². The van der Waals surface area contributed by atoms with Crippen LogP contribution in [0.2, 0.25) is 36.3 Å². The minimum Gasteiger partial charge on any atom is -0.541 e. The fourth-order valence-electron chi connectivity index (χ4n) is 2.27. The predicted octanol–water partition coefficient (Wildman–Crippen LogP) is 8.37. The summed E-state index contributed by atoms with van der Waals surface area (Å²) in [6.07, 6.45) is 0. The molecule has 0 fully saturated rings. The third kappa shape index (κ3) is 4.80. The first-order chi connectivity index (χ1) is 12.1. The van der Waals surface area contributed by atoms with E-state index in [1.165, 1.54) is 5.39 Å². The van der Waals surface area contributed by atoms with Crippen LogP contribution in [-0.2, 0) is 0 Å². The highest BCUT2D eigenvalue weighted by Gasteiger charge is 2.42. The summed E-state index contributed by atoms with van der Waals surface area (Å²) in [7, 11) is -3.99. The van der Waals surface area contributed by atoms with Gasteiger partial charge in [0.25, 0.3) is 16.6 Å². The second kappa shape index (κ2) is 7.23. The minimum atomic E-state index is -2.01. The summed E-state index contributed by atoms with van der Waals surface area (Å²) in [4.78, 5) is 0. The zero-order valence-electron chi connectivity index (χ0n) is 18.6. The van der Waals surface area contributed by atoms with E-state index >= 15 is 0 Å². The Labute approximate surface area is 176 Å². The van der Waals surface area contributed by atoms with E-state index in [9.17, 15) is 0 Å². The molecule has 0 bridgehead atoms. The van der Waals surface area contributed by atoms with E-state index in [1.807, 2.05) is 0 Å². The summed E-state index contributed by atoms with van der Waals surface area (Å²) in [5.74, 6) is 1.79. The molecule has 5 heteroatoms. The maximum Gasteiger partial charge on any atom is 0.250 e. The Hall–Kier alpha value is -0.786. The van der Waals surface area contributed by atoms with Crippen molar-refractivity contribution in [3.05, 3.63) is 34.8 Å². The van der Waals surface area contributed by atoms with E-state index in [1.54, 1.807) is 0 Å². The lowest BCUT2D eigenvalue weighted by Gasteiger charge is -2.40. The molecule has 2 aromatic rings. The first-order valence-electron chi connectivity index (χ1n) is 9.65. The van der Waals surface area contributed by atoms with Gasteiger partial charge in [-0.15, -0.1) is 0 Å². The first kappa shape index (κ1) is 22.5. The number of hydrogen-bond donors (Lipinski definition) is 0. The summed E-state index contributed by atoms with van der Waals surface area (Å²) in [6.45, 7) is 22.8. The molecule has 2 aromatic carbocycles. The minimum absolute atomic E-state index is 0.120. The van der Waals surface area contributed by atoms with Crippen molar-refractivity contribution in [1.29, 1.82) is 0 Å². The predicted molar refractivity (Wildman–Crippen MR) is 127 cm³/mol. The highest BCUT2D eigenvalue weighted by Crippen LogP contribution is 2.46. The lowest BCUT2D eigenvalue weighted by molar-refractivity contribution is 0.444. The lowest BCUT2D eigenvalue weighted by atomic mass is 10.1. The molecular weight excluding hydrogens is 432 g/mol. The molecule has 0 aliphatic heterocycles. The van der Waals surface area contributed by atoms with Crippen molar-refractivity contribution in [2.75, 3.05) is 0 Å². The quantitative estimate of drug-likeness (QED) is 0.421. The zero-order valence-corrected chi connectivity index (χ0v) is 22.2. The number of halogens is 1. The summed E-state index contributed by atoms with van der Waals surface area (Å²) in [5.41, 5.74) is 0. The van der Waals surface area contributed by atoms with Crippen LogP contribution >= 0.6 is 15.9 Å². The van der Waals surface area contributed by atoms with Gasteiger partial charge in [-0.3, -0.25) is 0 Å². The van der Waals surface area contributed by atoms with Crippen molar-refractivity contribution in [2.24, 2.45) is 0 Å². The van der Waals surface area contributed by atoms with Gasteiger partial charge in [0.1, 0.15) is 5.75 Å². The molecule has 0 heterocycles. The molecule has 0 aliphatic rings. The van der Waals surface area contributed by atoms with Crippen LogP contribution in [0.5, 0.6) is 11.5 Å². The molecule has 150 valence electrons. The largest absolute Gasteiger partial charge is 0.541 e. The Kier molecular flexibility index (Phi) is 6.03. The Morgan fingerprint density at radius 3 is 1.74 bits per heavy atom. The Bertz CT molecular complexity index is 831. The monoisotopic (exact) mass is 466 g/mol. The summed E-state index contributed by atoms with van der Waals surface area (Å²) in [5, 5.41) is 2.54. The van der Waals surface area contributed by atoms with Crippen LogP contribution in [0, 0.1) is 0 Å². The molecule has 0 unspecified atom stereocenters. The SMILES string of the molecule is CC(C)(C)[Si](C)(C)Oc1ccc2ccc(Br)cc2c1O[Si](C)(C)C(C)(C)C. The van der Waals surface area contributed by atoms with Crippen LogP contribution in [0.15, 0.2) is 34.8 Å². The molecule has 0 aromatic heterocycles. The highest BCUT2D eigenvalue weighted by atomic mass is 79.9. The third-order valence-corrected chi connectivity index (χ3v) is 15.4. The Balaban J connectivity index is 2.67. The smallest absolute Gasteiger partial charge is 0.250 e. The van der Waals surface area contributed by atoms with Gasteiger partial charge in [-0.25, -0.2) is 0 Å². The van der Waals surface area contributed by atoms with Gasteiger partial charge in [-0.05, 0) is 59.8 Å². The molecule has 0 amide bonds. The van der Waals surface area contributed by atoms with E-state index in [0.717, 1.165) is 21.4 Å². The Morgan fingerprint density at radius 1 is 0.741 bits per heavy atom. The highest BCUT2D eigenvalue weighted by molar-refractivity contribution is 9.10. The average molecular weight is 468 g/mol. The molecule has 2 rings (SSSR count). The van der Waals surface area contributed by atoms with Crippen molar-refractivity contribution < 1.29 is 8.85 Å². The van der Waals surface area contributed by atoms with Crippen molar-refractivity contribution in [3.63, 3.8) is 0 Å². The first-order valence-corrected chi connectivity index (χ1v) is 16.3. The fraction of sp³-hybridized carbons (Fsp3) is 0.545. The third-order valence-electron chi connectivity index (χ3n) is 6.23. The maximum absolute atomic E-state index is 6.84. The Morgan fingerprint density at radius 2 is 1.22 bits per heavy atom. The number of benzene rings is 2. The van der Waals surface area contributed by atoms with E-state index in [2.05, 4.69) is 114 Å². The summed E-state index contributed by atoms with van der Waals surface area (Å²) >= 11 is 3.63. The van der Waals surface area contributed by atoms with Crippen molar-refractivity contribution in [2.45, 2.75) is 77.8 Å². The van der Waals surface area contributed by atoms with Gasteiger partial charge in [0.2, 0.25) is 0 Å². The zero-order chi connectivity index (χ0) is 20.8. The van der Waals surface area contributed by atoms with E-state index in [-0.39, 0.29) is 10.1 Å². The van der Waals surface area contributed by atoms with Gasteiger partial charge >= 0.3 is 0 Å². The van der Waals surface area contributed by atoms with Crippen LogP contribution in [0.3, 0.4) is 0 Å². The van der Waals surface area contributed by atoms with E-state index < -0.39 is 16.6 Å². The van der Waals surface area contributed by atoms with Gasteiger partial charge in [-0.1, -0.05) is 69.6 Å². The van der Waals surface area contributed by atoms with Crippen molar-refractivity contribution in [3.8, 4) is 11.5 Å². The molecule has 2 nitrogen and oxygen atoms in total. The molecule has 0 saturated heterocycles. The molecule has 0 atom stereocenters. The molecule has 0 spiro atoms. The van der Waals surface area contributed by atoms with Gasteiger partial charge in [-0.2, -0.15) is 0 Å². The summed E-state index contributed by atoms with van der Waals surface area (Å²) in [6, 6.07) is 10.6. The number of rotatable bonds is 4. The normalized spacial score (nSPS) is 13.7. The van der Waals surface area contributed by atoms with Crippen LogP contribution in [0.1, 0.15) is 41.5 Å². The molecule has 0 saturated carbocycles. The average Bonchev–Trinajstić information content (AvgIpc) is 2.47. The molecule has 0 radical (unpaired) electrons. The van der Waals surface area contributed by atoms with Crippen LogP contribution in [0.25, 0.3) is 10.8 Å². The van der Waals surface area contributed by atoms with E-state index in [4.69, 9.17) is 8.85 Å². The topological polar surface area (TPSA) is 18.5 Å². The van der Waals surface area contributed by atoms with Gasteiger partial charge < -0.3 is 8.85 Å². The fourth-order valence-corrected chi connectivity index (χ4v) is 4.67. The van der Waals surface area contributed by atoms with E-state index in [0.29, 0.717) is 0 Å². The van der Waals surface area contributed by atoms with Crippen molar-refractivity contribution in [1.82, 2.24) is 0 Å². The molecule has 0 N–H and O–H groups in total. The standard InChI is InChI=1S/C22H35BrO2Si2/c1-21(2,3)26(7,8)24-19-14-12-16-11-13-17(23)15-18(16)20(19)25-27(9,10)22(4,5)6/h11-15H,1-10H3.